The van der Waals surface area contributed by atoms with Crippen LogP contribution in [0, 0.1) is 18.7 Å². The Morgan fingerprint density at radius 2 is 1.92 bits per heavy atom. The van der Waals surface area contributed by atoms with Gasteiger partial charge in [0.15, 0.2) is 0 Å². The molecule has 24 heavy (non-hydrogen) atoms. The molecule has 1 N–H and O–H groups in total. The summed E-state index contributed by atoms with van der Waals surface area (Å²) in [4.78, 5) is 18.6. The molecule has 1 atom stereocenters. The summed E-state index contributed by atoms with van der Waals surface area (Å²) in [5.74, 6) is -0.233. The highest BCUT2D eigenvalue weighted by Gasteiger charge is 2.29. The predicted molar refractivity (Wildman–Crippen MR) is 89.0 cm³/mol. The number of aliphatic hydroxyl groups excluding tert-OH is 1. The number of likely N-dealkylation sites (tertiary alicyclic amines) is 1. The number of aromatic nitrogens is 1. The fraction of sp³-hybridized carbons (Fsp3) is 0.368. The molecule has 2 aromatic rings. The SMILES string of the molecule is Cc1ncccc1C(=O)N1CCC(C(O)c2ccc(F)cc2)CC1. The minimum Gasteiger partial charge on any atom is -0.388 e. The van der Waals surface area contributed by atoms with Crippen molar-refractivity contribution in [1.29, 1.82) is 0 Å². The summed E-state index contributed by atoms with van der Waals surface area (Å²) in [7, 11) is 0. The Morgan fingerprint density at radius 3 is 2.54 bits per heavy atom. The highest BCUT2D eigenvalue weighted by molar-refractivity contribution is 5.95. The van der Waals surface area contributed by atoms with Crippen molar-refractivity contribution in [3.63, 3.8) is 0 Å². The van der Waals surface area contributed by atoms with Gasteiger partial charge < -0.3 is 10.0 Å². The van der Waals surface area contributed by atoms with Gasteiger partial charge in [0, 0.05) is 25.0 Å². The van der Waals surface area contributed by atoms with Crippen LogP contribution in [0.4, 0.5) is 4.39 Å². The molecule has 1 aromatic carbocycles. The molecule has 0 bridgehead atoms. The molecule has 1 unspecified atom stereocenters. The van der Waals surface area contributed by atoms with E-state index in [0.29, 0.717) is 18.7 Å². The van der Waals surface area contributed by atoms with Crippen LogP contribution in [0.5, 0.6) is 0 Å². The van der Waals surface area contributed by atoms with Crippen LogP contribution in [0.15, 0.2) is 42.6 Å². The molecule has 0 spiro atoms. The Labute approximate surface area is 141 Å². The van der Waals surface area contributed by atoms with Crippen LogP contribution in [-0.4, -0.2) is 34.0 Å². The van der Waals surface area contributed by atoms with E-state index in [4.69, 9.17) is 0 Å². The van der Waals surface area contributed by atoms with E-state index in [9.17, 15) is 14.3 Å². The molecule has 0 radical (unpaired) electrons. The quantitative estimate of drug-likeness (QED) is 0.942. The summed E-state index contributed by atoms with van der Waals surface area (Å²) in [6.45, 7) is 3.05. The smallest absolute Gasteiger partial charge is 0.255 e. The standard InChI is InChI=1S/C19H21FN2O2/c1-13-17(3-2-10-21-13)19(24)22-11-8-15(9-12-22)18(23)14-4-6-16(20)7-5-14/h2-7,10,15,18,23H,8-9,11-12H2,1H3. The number of aliphatic hydroxyl groups is 1. The molecular weight excluding hydrogens is 307 g/mol. The third-order valence-corrected chi connectivity index (χ3v) is 4.72. The maximum absolute atomic E-state index is 13.0. The molecule has 1 amide bonds. The van der Waals surface area contributed by atoms with Gasteiger partial charge in [-0.15, -0.1) is 0 Å². The van der Waals surface area contributed by atoms with Crippen LogP contribution in [0.1, 0.15) is 40.6 Å². The van der Waals surface area contributed by atoms with Crippen molar-refractivity contribution in [2.45, 2.75) is 25.9 Å². The second-order valence-electron chi connectivity index (χ2n) is 6.26. The number of amides is 1. The fourth-order valence-corrected chi connectivity index (χ4v) is 3.23. The number of aryl methyl sites for hydroxylation is 1. The topological polar surface area (TPSA) is 53.4 Å². The molecule has 1 fully saturated rings. The van der Waals surface area contributed by atoms with E-state index < -0.39 is 6.10 Å². The zero-order chi connectivity index (χ0) is 17.1. The number of pyridine rings is 1. The average Bonchev–Trinajstić information content (AvgIpc) is 2.62. The minimum atomic E-state index is -0.622. The van der Waals surface area contributed by atoms with Gasteiger partial charge >= 0.3 is 0 Å². The number of benzene rings is 1. The Balaban J connectivity index is 1.62. The number of piperidine rings is 1. The van der Waals surface area contributed by atoms with Gasteiger partial charge in [0.25, 0.3) is 5.91 Å². The lowest BCUT2D eigenvalue weighted by molar-refractivity contribution is 0.0461. The average molecular weight is 328 g/mol. The lowest BCUT2D eigenvalue weighted by Crippen LogP contribution is -2.40. The number of hydrogen-bond acceptors (Lipinski definition) is 3. The Kier molecular flexibility index (Phi) is 4.90. The van der Waals surface area contributed by atoms with Crippen LogP contribution in [0.3, 0.4) is 0 Å². The first-order valence-electron chi connectivity index (χ1n) is 8.20. The molecule has 1 aliphatic heterocycles. The number of carbonyl (C=O) groups is 1. The number of halogens is 1. The van der Waals surface area contributed by atoms with E-state index >= 15 is 0 Å². The molecule has 3 rings (SSSR count). The number of rotatable bonds is 3. The monoisotopic (exact) mass is 328 g/mol. The molecule has 2 heterocycles. The molecule has 1 saturated heterocycles. The lowest BCUT2D eigenvalue weighted by Gasteiger charge is -2.34. The Morgan fingerprint density at radius 1 is 1.25 bits per heavy atom. The van der Waals surface area contributed by atoms with Crippen molar-refractivity contribution in [2.24, 2.45) is 5.92 Å². The van der Waals surface area contributed by atoms with Crippen molar-refractivity contribution < 1.29 is 14.3 Å². The summed E-state index contributed by atoms with van der Waals surface area (Å²) in [6, 6.07) is 9.53. The molecule has 5 heteroatoms. The number of hydrogen-bond donors (Lipinski definition) is 1. The van der Waals surface area contributed by atoms with Crippen LogP contribution >= 0.6 is 0 Å². The first-order chi connectivity index (χ1) is 11.6. The maximum atomic E-state index is 13.0. The van der Waals surface area contributed by atoms with Gasteiger partial charge in [0.1, 0.15) is 5.82 Å². The van der Waals surface area contributed by atoms with Gasteiger partial charge in [-0.1, -0.05) is 12.1 Å². The van der Waals surface area contributed by atoms with E-state index in [1.54, 1.807) is 30.5 Å². The Bertz CT molecular complexity index is 710. The number of nitrogens with zero attached hydrogens (tertiary/aromatic N) is 2. The van der Waals surface area contributed by atoms with Crippen molar-refractivity contribution in [2.75, 3.05) is 13.1 Å². The Hall–Kier alpha value is -2.27. The van der Waals surface area contributed by atoms with Gasteiger partial charge in [-0.05, 0) is 55.5 Å². The lowest BCUT2D eigenvalue weighted by atomic mass is 9.87. The molecule has 1 aromatic heterocycles. The largest absolute Gasteiger partial charge is 0.388 e. The second-order valence-corrected chi connectivity index (χ2v) is 6.26. The van der Waals surface area contributed by atoms with Gasteiger partial charge in [0.05, 0.1) is 11.7 Å². The van der Waals surface area contributed by atoms with Gasteiger partial charge in [-0.3, -0.25) is 9.78 Å². The van der Waals surface area contributed by atoms with E-state index in [-0.39, 0.29) is 17.6 Å². The van der Waals surface area contributed by atoms with Crippen LogP contribution in [-0.2, 0) is 0 Å². The van der Waals surface area contributed by atoms with E-state index in [0.717, 1.165) is 24.1 Å². The molecule has 126 valence electrons. The highest BCUT2D eigenvalue weighted by Crippen LogP contribution is 2.31. The van der Waals surface area contributed by atoms with Crippen LogP contribution < -0.4 is 0 Å². The van der Waals surface area contributed by atoms with Gasteiger partial charge in [-0.25, -0.2) is 4.39 Å². The third-order valence-electron chi connectivity index (χ3n) is 4.72. The zero-order valence-electron chi connectivity index (χ0n) is 13.7. The summed E-state index contributed by atoms with van der Waals surface area (Å²) in [6.07, 6.45) is 2.51. The second kappa shape index (κ2) is 7.09. The van der Waals surface area contributed by atoms with E-state index in [1.807, 2.05) is 11.8 Å². The van der Waals surface area contributed by atoms with Crippen molar-refractivity contribution in [3.05, 3.63) is 65.2 Å². The van der Waals surface area contributed by atoms with E-state index in [1.165, 1.54) is 12.1 Å². The summed E-state index contributed by atoms with van der Waals surface area (Å²) >= 11 is 0. The van der Waals surface area contributed by atoms with Crippen molar-refractivity contribution >= 4 is 5.91 Å². The molecule has 0 aliphatic carbocycles. The summed E-state index contributed by atoms with van der Waals surface area (Å²) in [5.41, 5.74) is 2.09. The zero-order valence-corrected chi connectivity index (χ0v) is 13.7. The highest BCUT2D eigenvalue weighted by atomic mass is 19.1. The van der Waals surface area contributed by atoms with E-state index in [2.05, 4.69) is 4.98 Å². The summed E-state index contributed by atoms with van der Waals surface area (Å²) in [5, 5.41) is 10.5. The maximum Gasteiger partial charge on any atom is 0.255 e. The molecule has 1 aliphatic rings. The third kappa shape index (κ3) is 3.46. The molecule has 0 saturated carbocycles. The molecular formula is C19H21FN2O2. The normalized spacial score (nSPS) is 16.9. The first kappa shape index (κ1) is 16.6. The van der Waals surface area contributed by atoms with Gasteiger partial charge in [-0.2, -0.15) is 0 Å². The van der Waals surface area contributed by atoms with Crippen LogP contribution in [0.2, 0.25) is 0 Å². The first-order valence-corrected chi connectivity index (χ1v) is 8.20. The predicted octanol–water partition coefficient (Wildman–Crippen LogP) is 3.11. The fourth-order valence-electron chi connectivity index (χ4n) is 3.23. The molecule has 4 nitrogen and oxygen atoms in total. The summed E-state index contributed by atoms with van der Waals surface area (Å²) < 4.78 is 13.0. The van der Waals surface area contributed by atoms with Crippen molar-refractivity contribution in [1.82, 2.24) is 9.88 Å². The number of carbonyl (C=O) groups excluding carboxylic acids is 1. The minimum absolute atomic E-state index is 0.00433. The van der Waals surface area contributed by atoms with Gasteiger partial charge in [0.2, 0.25) is 0 Å². The van der Waals surface area contributed by atoms with Crippen molar-refractivity contribution in [3.8, 4) is 0 Å². The van der Waals surface area contributed by atoms with Crippen LogP contribution in [0.25, 0.3) is 0 Å².